The molecule has 0 bridgehead atoms. The van der Waals surface area contributed by atoms with Crippen molar-refractivity contribution >= 4 is 22.7 Å². The van der Waals surface area contributed by atoms with Crippen LogP contribution in [0.15, 0.2) is 83.5 Å². The monoisotopic (exact) mass is 468 g/mol. The quantitative estimate of drug-likeness (QED) is 0.291. The number of anilines is 1. The van der Waals surface area contributed by atoms with Crippen LogP contribution in [0.5, 0.6) is 5.75 Å². The second-order valence-corrected chi connectivity index (χ2v) is 9.23. The highest BCUT2D eigenvalue weighted by Crippen LogP contribution is 2.35. The van der Waals surface area contributed by atoms with Crippen molar-refractivity contribution in [3.8, 4) is 11.8 Å². The zero-order chi connectivity index (χ0) is 24.8. The number of nitriles is 1. The van der Waals surface area contributed by atoms with Crippen LogP contribution in [0.25, 0.3) is 11.0 Å². The summed E-state index contributed by atoms with van der Waals surface area (Å²) >= 11 is 0. The normalized spacial score (nSPS) is 11.1. The van der Waals surface area contributed by atoms with E-state index >= 15 is 0 Å². The molecule has 3 aromatic carbocycles. The van der Waals surface area contributed by atoms with Crippen molar-refractivity contribution in [2.45, 2.75) is 45.9 Å². The second-order valence-electron chi connectivity index (χ2n) is 9.23. The van der Waals surface area contributed by atoms with Crippen LogP contribution in [0.4, 0.5) is 10.5 Å². The van der Waals surface area contributed by atoms with Gasteiger partial charge in [0.15, 0.2) is 0 Å². The van der Waals surface area contributed by atoms with E-state index in [4.69, 9.17) is 19.2 Å². The molecule has 1 amide bonds. The molecular weight excluding hydrogens is 440 g/mol. The van der Waals surface area contributed by atoms with Crippen molar-refractivity contribution in [3.05, 3.63) is 95.7 Å². The van der Waals surface area contributed by atoms with E-state index in [-0.39, 0.29) is 19.6 Å². The minimum Gasteiger partial charge on any atom is -0.489 e. The molecule has 1 heterocycles. The first-order valence-electron chi connectivity index (χ1n) is 11.5. The van der Waals surface area contributed by atoms with E-state index in [1.54, 1.807) is 11.2 Å². The number of para-hydroxylation sites is 1. The van der Waals surface area contributed by atoms with Gasteiger partial charge < -0.3 is 13.9 Å². The fourth-order valence-electron chi connectivity index (χ4n) is 3.93. The minimum atomic E-state index is -0.559. The Hall–Kier alpha value is -4.24. The van der Waals surface area contributed by atoms with Crippen molar-refractivity contribution in [3.63, 3.8) is 0 Å². The maximum atomic E-state index is 13.3. The Morgan fingerprint density at radius 3 is 2.46 bits per heavy atom. The van der Waals surface area contributed by atoms with Crippen LogP contribution in [0.1, 0.15) is 37.5 Å². The third-order valence-electron chi connectivity index (χ3n) is 5.55. The van der Waals surface area contributed by atoms with Crippen LogP contribution in [0.3, 0.4) is 0 Å². The third kappa shape index (κ3) is 5.64. The molecule has 0 fully saturated rings. The summed E-state index contributed by atoms with van der Waals surface area (Å²) in [7, 11) is 0. The van der Waals surface area contributed by atoms with Crippen LogP contribution in [0.2, 0.25) is 0 Å². The summed E-state index contributed by atoms with van der Waals surface area (Å²) in [4.78, 5) is 15.0. The molecule has 0 aliphatic heterocycles. The smallest absolute Gasteiger partial charge is 0.415 e. The number of fused-ring (bicyclic) bond motifs is 1. The van der Waals surface area contributed by atoms with Crippen LogP contribution < -0.4 is 9.64 Å². The van der Waals surface area contributed by atoms with Crippen molar-refractivity contribution in [1.29, 1.82) is 5.26 Å². The van der Waals surface area contributed by atoms with Gasteiger partial charge in [0.2, 0.25) is 0 Å². The minimum absolute atomic E-state index is 0.180. The lowest BCUT2D eigenvalue weighted by Crippen LogP contribution is -2.46. The first kappa shape index (κ1) is 23.9. The Labute approximate surface area is 205 Å². The molecule has 6 heteroatoms. The number of hydrogen-bond acceptors (Lipinski definition) is 5. The fourth-order valence-corrected chi connectivity index (χ4v) is 3.93. The summed E-state index contributed by atoms with van der Waals surface area (Å²) in [6.07, 6.45) is 1.43. The molecule has 0 unspecified atom stereocenters. The Balaban J connectivity index is 1.64. The number of hydrogen-bond donors (Lipinski definition) is 0. The van der Waals surface area contributed by atoms with Crippen LogP contribution in [0, 0.1) is 11.3 Å². The highest BCUT2D eigenvalue weighted by Gasteiger charge is 2.31. The molecule has 0 radical (unpaired) electrons. The van der Waals surface area contributed by atoms with Gasteiger partial charge in [0, 0.05) is 16.5 Å². The number of furan rings is 1. The fraction of sp³-hybridized carbons (Fsp3) is 0.241. The highest BCUT2D eigenvalue weighted by molar-refractivity contribution is 6.01. The molecule has 4 rings (SSSR count). The molecule has 0 N–H and O–H groups in total. The Morgan fingerprint density at radius 1 is 0.971 bits per heavy atom. The summed E-state index contributed by atoms with van der Waals surface area (Å²) in [5, 5.41) is 9.91. The number of carbonyl (C=O) groups is 1. The molecule has 6 nitrogen and oxygen atoms in total. The third-order valence-corrected chi connectivity index (χ3v) is 5.55. The van der Waals surface area contributed by atoms with Gasteiger partial charge >= 0.3 is 6.09 Å². The zero-order valence-corrected chi connectivity index (χ0v) is 20.2. The van der Waals surface area contributed by atoms with Crippen LogP contribution in [-0.4, -0.2) is 11.6 Å². The average Bonchev–Trinajstić information content (AvgIpc) is 3.31. The maximum absolute atomic E-state index is 13.3. The number of ether oxygens (including phenoxy) is 2. The lowest BCUT2D eigenvalue weighted by atomic mass is 10.0. The van der Waals surface area contributed by atoms with E-state index < -0.39 is 11.6 Å². The highest BCUT2D eigenvalue weighted by atomic mass is 16.6. The standard InChI is InChI=1S/C29H28N2O4/c1-29(2,3)31(28(32)35-19-21-9-5-4-6-10-21)25-17-22(18-27-24(25)14-16-33-27)20-34-26-12-8-7-11-23(26)13-15-30/h4-12,14,16-18H,13,19-20H2,1-3H3. The molecule has 1 aromatic heterocycles. The predicted molar refractivity (Wildman–Crippen MR) is 135 cm³/mol. The van der Waals surface area contributed by atoms with E-state index in [9.17, 15) is 4.79 Å². The molecule has 0 atom stereocenters. The Morgan fingerprint density at radius 2 is 1.71 bits per heavy atom. The number of rotatable bonds is 7. The molecule has 35 heavy (non-hydrogen) atoms. The number of amides is 1. The largest absolute Gasteiger partial charge is 0.489 e. The van der Waals surface area contributed by atoms with Crippen molar-refractivity contribution in [1.82, 2.24) is 0 Å². The number of carbonyl (C=O) groups excluding carboxylic acids is 1. The van der Waals surface area contributed by atoms with Gasteiger partial charge in [-0.25, -0.2) is 4.79 Å². The van der Waals surface area contributed by atoms with E-state index in [1.807, 2.05) is 93.6 Å². The summed E-state index contributed by atoms with van der Waals surface area (Å²) in [5.74, 6) is 0.657. The SMILES string of the molecule is CC(C)(C)N(C(=O)OCc1ccccc1)c1cc(COc2ccccc2CC#N)cc2occc12. The van der Waals surface area contributed by atoms with Gasteiger partial charge in [0.05, 0.1) is 24.4 Å². The van der Waals surface area contributed by atoms with Crippen molar-refractivity contribution in [2.24, 2.45) is 0 Å². The average molecular weight is 469 g/mol. The molecule has 178 valence electrons. The van der Waals surface area contributed by atoms with E-state index in [1.165, 1.54) is 0 Å². The lowest BCUT2D eigenvalue weighted by Gasteiger charge is -2.35. The Bertz CT molecular complexity index is 1350. The van der Waals surface area contributed by atoms with E-state index in [0.717, 1.165) is 22.1 Å². The van der Waals surface area contributed by atoms with E-state index in [2.05, 4.69) is 6.07 Å². The molecule has 0 spiro atoms. The summed E-state index contributed by atoms with van der Waals surface area (Å²) < 4.78 is 17.5. The van der Waals surface area contributed by atoms with Gasteiger partial charge in [-0.3, -0.25) is 4.90 Å². The summed E-state index contributed by atoms with van der Waals surface area (Å²) in [6, 6.07) is 24.9. The van der Waals surface area contributed by atoms with Gasteiger partial charge in [-0.05, 0) is 56.2 Å². The first-order chi connectivity index (χ1) is 16.9. The molecule has 0 aliphatic rings. The van der Waals surface area contributed by atoms with Gasteiger partial charge in [0.1, 0.15) is 24.5 Å². The van der Waals surface area contributed by atoms with Crippen molar-refractivity contribution in [2.75, 3.05) is 4.90 Å². The predicted octanol–water partition coefficient (Wildman–Crippen LogP) is 7.02. The topological polar surface area (TPSA) is 75.7 Å². The van der Waals surface area contributed by atoms with E-state index in [0.29, 0.717) is 17.0 Å². The van der Waals surface area contributed by atoms with Gasteiger partial charge in [-0.1, -0.05) is 48.5 Å². The lowest BCUT2D eigenvalue weighted by molar-refractivity contribution is 0.142. The molecule has 0 saturated carbocycles. The van der Waals surface area contributed by atoms with Gasteiger partial charge in [0.25, 0.3) is 0 Å². The van der Waals surface area contributed by atoms with Crippen LogP contribution >= 0.6 is 0 Å². The number of benzene rings is 3. The molecule has 0 aliphatic carbocycles. The second kappa shape index (κ2) is 10.4. The maximum Gasteiger partial charge on any atom is 0.415 e. The Kier molecular flexibility index (Phi) is 7.07. The zero-order valence-electron chi connectivity index (χ0n) is 20.2. The molecule has 0 saturated heterocycles. The van der Waals surface area contributed by atoms with Crippen molar-refractivity contribution < 1.29 is 18.7 Å². The number of nitrogens with zero attached hydrogens (tertiary/aromatic N) is 2. The van der Waals surface area contributed by atoms with Gasteiger partial charge in [-0.2, -0.15) is 5.26 Å². The summed E-state index contributed by atoms with van der Waals surface area (Å²) in [6.45, 7) is 6.32. The molecular formula is C29H28N2O4. The first-order valence-corrected chi connectivity index (χ1v) is 11.5. The molecule has 4 aromatic rings. The van der Waals surface area contributed by atoms with Gasteiger partial charge in [-0.15, -0.1) is 0 Å². The van der Waals surface area contributed by atoms with Crippen LogP contribution in [-0.2, 0) is 24.4 Å². The summed E-state index contributed by atoms with van der Waals surface area (Å²) in [5.41, 5.74) is 3.36.